The summed E-state index contributed by atoms with van der Waals surface area (Å²) in [5.41, 5.74) is 1.94. The summed E-state index contributed by atoms with van der Waals surface area (Å²) in [6, 6.07) is 7.75. The summed E-state index contributed by atoms with van der Waals surface area (Å²) >= 11 is 0. The fourth-order valence-electron chi connectivity index (χ4n) is 3.05. The Bertz CT molecular complexity index is 656. The van der Waals surface area contributed by atoms with E-state index in [0.29, 0.717) is 18.9 Å². The third-order valence-electron chi connectivity index (χ3n) is 4.33. The lowest BCUT2D eigenvalue weighted by atomic mass is 10.0. The molecule has 1 saturated heterocycles. The van der Waals surface area contributed by atoms with Gasteiger partial charge in [0.2, 0.25) is 5.91 Å². The standard InChI is InChI=1S/C17H26N2O3S/c1-4-19(14-9-10-23(21,22)12-14)11-17(20)18-16-8-6-5-7-15(16)13(2)3/h5-8,13-14H,4,9-12H2,1-3H3,(H,18,20). The molecule has 0 radical (unpaired) electrons. The normalized spacial score (nSPS) is 20.1. The first-order valence-corrected chi connectivity index (χ1v) is 9.97. The Morgan fingerprint density at radius 3 is 2.61 bits per heavy atom. The topological polar surface area (TPSA) is 66.5 Å². The van der Waals surface area contributed by atoms with Crippen LogP contribution in [0.3, 0.4) is 0 Å². The lowest BCUT2D eigenvalue weighted by Gasteiger charge is -2.26. The molecule has 0 aliphatic carbocycles. The van der Waals surface area contributed by atoms with Crippen molar-refractivity contribution < 1.29 is 13.2 Å². The van der Waals surface area contributed by atoms with Crippen molar-refractivity contribution in [3.05, 3.63) is 29.8 Å². The van der Waals surface area contributed by atoms with Crippen LogP contribution in [0.5, 0.6) is 0 Å². The van der Waals surface area contributed by atoms with Gasteiger partial charge < -0.3 is 5.32 Å². The molecule has 128 valence electrons. The number of likely N-dealkylation sites (N-methyl/N-ethyl adjacent to an activating group) is 1. The highest BCUT2D eigenvalue weighted by Crippen LogP contribution is 2.24. The lowest BCUT2D eigenvalue weighted by Crippen LogP contribution is -2.41. The minimum atomic E-state index is -2.94. The zero-order valence-electron chi connectivity index (χ0n) is 14.1. The maximum absolute atomic E-state index is 12.4. The number of amides is 1. The molecule has 1 aliphatic heterocycles. The van der Waals surface area contributed by atoms with Crippen molar-refractivity contribution >= 4 is 21.4 Å². The number of para-hydroxylation sites is 1. The van der Waals surface area contributed by atoms with Gasteiger partial charge in [0.1, 0.15) is 0 Å². The van der Waals surface area contributed by atoms with Crippen molar-refractivity contribution in [3.8, 4) is 0 Å². The van der Waals surface area contributed by atoms with Crippen molar-refractivity contribution in [2.75, 3.05) is 29.9 Å². The third kappa shape index (κ3) is 4.78. The zero-order chi connectivity index (χ0) is 17.0. The number of hydrogen-bond acceptors (Lipinski definition) is 4. The van der Waals surface area contributed by atoms with Crippen LogP contribution in [0.25, 0.3) is 0 Å². The second kappa shape index (κ2) is 7.45. The molecule has 0 saturated carbocycles. The van der Waals surface area contributed by atoms with Crippen molar-refractivity contribution in [3.63, 3.8) is 0 Å². The average molecular weight is 338 g/mol. The van der Waals surface area contributed by atoms with Crippen LogP contribution in [0.2, 0.25) is 0 Å². The fraction of sp³-hybridized carbons (Fsp3) is 0.588. The molecule has 1 unspecified atom stereocenters. The Kier molecular flexibility index (Phi) is 5.81. The zero-order valence-corrected chi connectivity index (χ0v) is 14.9. The van der Waals surface area contributed by atoms with E-state index in [-0.39, 0.29) is 30.0 Å². The van der Waals surface area contributed by atoms with Gasteiger partial charge in [0.05, 0.1) is 18.1 Å². The summed E-state index contributed by atoms with van der Waals surface area (Å²) < 4.78 is 23.3. The first-order chi connectivity index (χ1) is 10.8. The van der Waals surface area contributed by atoms with Crippen LogP contribution in [-0.4, -0.2) is 49.9 Å². The van der Waals surface area contributed by atoms with Crippen molar-refractivity contribution in [1.29, 1.82) is 0 Å². The molecule has 1 aliphatic rings. The van der Waals surface area contributed by atoms with Crippen LogP contribution >= 0.6 is 0 Å². The summed E-state index contributed by atoms with van der Waals surface area (Å²) in [5, 5.41) is 2.97. The number of nitrogens with one attached hydrogen (secondary N) is 1. The van der Waals surface area contributed by atoms with E-state index in [4.69, 9.17) is 0 Å². The van der Waals surface area contributed by atoms with Gasteiger partial charge in [-0.2, -0.15) is 0 Å². The van der Waals surface area contributed by atoms with E-state index in [1.54, 1.807) is 0 Å². The van der Waals surface area contributed by atoms with Gasteiger partial charge in [0.15, 0.2) is 9.84 Å². The minimum absolute atomic E-state index is 0.0453. The SMILES string of the molecule is CCN(CC(=O)Nc1ccccc1C(C)C)C1CCS(=O)(=O)C1. The number of rotatable bonds is 6. The monoisotopic (exact) mass is 338 g/mol. The van der Waals surface area contributed by atoms with Crippen molar-refractivity contribution in [2.45, 2.75) is 39.2 Å². The molecular weight excluding hydrogens is 312 g/mol. The quantitative estimate of drug-likeness (QED) is 0.864. The van der Waals surface area contributed by atoms with Crippen LogP contribution in [0.4, 0.5) is 5.69 Å². The lowest BCUT2D eigenvalue weighted by molar-refractivity contribution is -0.117. The number of anilines is 1. The van der Waals surface area contributed by atoms with Gasteiger partial charge in [-0.15, -0.1) is 0 Å². The fourth-order valence-corrected chi connectivity index (χ4v) is 4.81. The number of sulfone groups is 1. The molecule has 1 aromatic rings. The van der Waals surface area contributed by atoms with Gasteiger partial charge in [0.25, 0.3) is 0 Å². The number of carbonyl (C=O) groups excluding carboxylic acids is 1. The van der Waals surface area contributed by atoms with Crippen LogP contribution in [0.1, 0.15) is 38.7 Å². The molecule has 2 rings (SSSR count). The van der Waals surface area contributed by atoms with Crippen LogP contribution in [-0.2, 0) is 14.6 Å². The molecule has 6 heteroatoms. The second-order valence-corrected chi connectivity index (χ2v) is 8.64. The summed E-state index contributed by atoms with van der Waals surface area (Å²) in [4.78, 5) is 14.3. The molecule has 1 heterocycles. The van der Waals surface area contributed by atoms with Crippen LogP contribution in [0.15, 0.2) is 24.3 Å². The highest BCUT2D eigenvalue weighted by atomic mass is 32.2. The Morgan fingerprint density at radius 1 is 1.35 bits per heavy atom. The summed E-state index contributed by atoms with van der Waals surface area (Å²) in [5.74, 6) is 0.626. The highest BCUT2D eigenvalue weighted by Gasteiger charge is 2.32. The van der Waals surface area contributed by atoms with Gasteiger partial charge in [-0.05, 0) is 30.5 Å². The molecule has 0 spiro atoms. The number of benzene rings is 1. The predicted octanol–water partition coefficient (Wildman–Crippen LogP) is 2.26. The van der Waals surface area contributed by atoms with E-state index >= 15 is 0 Å². The molecule has 5 nitrogen and oxygen atoms in total. The number of carbonyl (C=O) groups is 1. The molecule has 0 aromatic heterocycles. The number of nitrogens with zero attached hydrogens (tertiary/aromatic N) is 1. The molecule has 1 N–H and O–H groups in total. The van der Waals surface area contributed by atoms with E-state index in [1.165, 1.54) is 0 Å². The molecule has 23 heavy (non-hydrogen) atoms. The number of hydrogen-bond donors (Lipinski definition) is 1. The smallest absolute Gasteiger partial charge is 0.238 e. The van der Waals surface area contributed by atoms with Gasteiger partial charge in [-0.3, -0.25) is 9.69 Å². The maximum Gasteiger partial charge on any atom is 0.238 e. The Hall–Kier alpha value is -1.40. The van der Waals surface area contributed by atoms with Crippen molar-refractivity contribution in [2.24, 2.45) is 0 Å². The Morgan fingerprint density at radius 2 is 2.04 bits per heavy atom. The first-order valence-electron chi connectivity index (χ1n) is 8.15. The van der Waals surface area contributed by atoms with Gasteiger partial charge in [-0.25, -0.2) is 8.42 Å². The molecule has 1 fully saturated rings. The highest BCUT2D eigenvalue weighted by molar-refractivity contribution is 7.91. The summed E-state index contributed by atoms with van der Waals surface area (Å²) in [6.45, 7) is 7.03. The van der Waals surface area contributed by atoms with E-state index < -0.39 is 9.84 Å². The Balaban J connectivity index is 2.01. The average Bonchev–Trinajstić information content (AvgIpc) is 2.85. The maximum atomic E-state index is 12.4. The summed E-state index contributed by atoms with van der Waals surface area (Å²) in [7, 11) is -2.94. The van der Waals surface area contributed by atoms with E-state index in [2.05, 4.69) is 19.2 Å². The van der Waals surface area contributed by atoms with Crippen LogP contribution in [0, 0.1) is 0 Å². The molecule has 1 atom stereocenters. The van der Waals surface area contributed by atoms with E-state index in [0.717, 1.165) is 11.3 Å². The van der Waals surface area contributed by atoms with Gasteiger partial charge in [0, 0.05) is 11.7 Å². The first kappa shape index (κ1) is 17.9. The third-order valence-corrected chi connectivity index (χ3v) is 6.08. The van der Waals surface area contributed by atoms with E-state index in [1.807, 2.05) is 36.1 Å². The molecule has 1 amide bonds. The molecular formula is C17H26N2O3S. The van der Waals surface area contributed by atoms with Crippen LogP contribution < -0.4 is 5.32 Å². The van der Waals surface area contributed by atoms with E-state index in [9.17, 15) is 13.2 Å². The van der Waals surface area contributed by atoms with Crippen molar-refractivity contribution in [1.82, 2.24) is 4.90 Å². The second-order valence-electron chi connectivity index (χ2n) is 6.41. The molecule has 0 bridgehead atoms. The predicted molar refractivity (Wildman–Crippen MR) is 93.5 cm³/mol. The van der Waals surface area contributed by atoms with Gasteiger partial charge >= 0.3 is 0 Å². The minimum Gasteiger partial charge on any atom is -0.325 e. The summed E-state index contributed by atoms with van der Waals surface area (Å²) in [6.07, 6.45) is 0.617. The molecule has 1 aromatic carbocycles. The Labute approximate surface area is 139 Å². The van der Waals surface area contributed by atoms with Gasteiger partial charge in [-0.1, -0.05) is 39.0 Å². The largest absolute Gasteiger partial charge is 0.325 e.